The van der Waals surface area contributed by atoms with Crippen LogP contribution in [-0.2, 0) is 14.2 Å². The second kappa shape index (κ2) is 8.59. The van der Waals surface area contributed by atoms with E-state index in [1.54, 1.807) is 13.8 Å². The molecule has 112 valence electrons. The van der Waals surface area contributed by atoms with Gasteiger partial charge in [0.05, 0.1) is 19.3 Å². The maximum absolute atomic E-state index is 11.2. The third-order valence-corrected chi connectivity index (χ3v) is 2.80. The number of hydrogen-bond acceptors (Lipinski definition) is 4. The minimum atomic E-state index is -0.649. The first kappa shape index (κ1) is 16.5. The largest absolute Gasteiger partial charge is 0.508 e. The van der Waals surface area contributed by atoms with E-state index in [0.29, 0.717) is 19.1 Å². The maximum atomic E-state index is 11.2. The van der Waals surface area contributed by atoms with E-state index in [4.69, 9.17) is 14.2 Å². The second-order valence-corrected chi connectivity index (χ2v) is 5.02. The highest BCUT2D eigenvalue weighted by molar-refractivity contribution is 5.59. The molecule has 0 aromatic heterocycles. The Bertz CT molecular complexity index is 389. The Hall–Kier alpha value is -1.55. The third kappa shape index (κ3) is 5.61. The minimum Gasteiger partial charge on any atom is -0.435 e. The van der Waals surface area contributed by atoms with Crippen LogP contribution in [0, 0.1) is 5.92 Å². The lowest BCUT2D eigenvalue weighted by atomic mass is 9.99. The van der Waals surface area contributed by atoms with Gasteiger partial charge >= 0.3 is 6.16 Å². The predicted molar refractivity (Wildman–Crippen MR) is 77.5 cm³/mol. The maximum Gasteiger partial charge on any atom is 0.508 e. The molecular formula is C16H24O4. The van der Waals surface area contributed by atoms with Gasteiger partial charge in [0.15, 0.2) is 0 Å². The van der Waals surface area contributed by atoms with Gasteiger partial charge in [0.2, 0.25) is 0 Å². The molecule has 2 atom stereocenters. The first-order chi connectivity index (χ1) is 9.54. The van der Waals surface area contributed by atoms with Gasteiger partial charge in [-0.2, -0.15) is 0 Å². The van der Waals surface area contributed by atoms with Crippen LogP contribution >= 0.6 is 0 Å². The zero-order valence-corrected chi connectivity index (χ0v) is 12.7. The summed E-state index contributed by atoms with van der Waals surface area (Å²) in [5.74, 6) is 0.340. The van der Waals surface area contributed by atoms with Crippen LogP contribution in [0.3, 0.4) is 0 Å². The van der Waals surface area contributed by atoms with Gasteiger partial charge in [-0.25, -0.2) is 4.79 Å². The highest BCUT2D eigenvalue weighted by Gasteiger charge is 2.18. The smallest absolute Gasteiger partial charge is 0.435 e. The van der Waals surface area contributed by atoms with E-state index in [9.17, 15) is 4.79 Å². The number of rotatable bonds is 7. The molecule has 0 amide bonds. The van der Waals surface area contributed by atoms with Crippen molar-refractivity contribution >= 4 is 6.16 Å². The average Bonchev–Trinajstić information content (AvgIpc) is 2.40. The molecule has 4 heteroatoms. The van der Waals surface area contributed by atoms with Crippen LogP contribution in [0.15, 0.2) is 30.3 Å². The summed E-state index contributed by atoms with van der Waals surface area (Å²) in [6.07, 6.45) is -0.993. The second-order valence-electron chi connectivity index (χ2n) is 5.02. The van der Waals surface area contributed by atoms with Crippen molar-refractivity contribution < 1.29 is 19.0 Å². The Morgan fingerprint density at radius 1 is 1.15 bits per heavy atom. The van der Waals surface area contributed by atoms with E-state index in [1.165, 1.54) is 0 Å². The summed E-state index contributed by atoms with van der Waals surface area (Å²) >= 11 is 0. The first-order valence-electron chi connectivity index (χ1n) is 7.04. The van der Waals surface area contributed by atoms with Crippen LogP contribution in [-0.4, -0.2) is 25.5 Å². The molecule has 0 radical (unpaired) electrons. The van der Waals surface area contributed by atoms with Crippen LogP contribution < -0.4 is 0 Å². The Morgan fingerprint density at radius 2 is 1.80 bits per heavy atom. The van der Waals surface area contributed by atoms with Crippen molar-refractivity contribution in [3.05, 3.63) is 35.9 Å². The minimum absolute atomic E-state index is 0.00977. The predicted octanol–water partition coefficient (Wildman–Crippen LogP) is 3.96. The average molecular weight is 280 g/mol. The lowest BCUT2D eigenvalue weighted by molar-refractivity contribution is -0.0453. The summed E-state index contributed by atoms with van der Waals surface area (Å²) in [4.78, 5) is 11.2. The highest BCUT2D eigenvalue weighted by atomic mass is 16.7. The Morgan fingerprint density at radius 3 is 2.35 bits per heavy atom. The van der Waals surface area contributed by atoms with Crippen LogP contribution in [0.25, 0.3) is 0 Å². The van der Waals surface area contributed by atoms with Crippen molar-refractivity contribution in [3.8, 4) is 0 Å². The molecule has 0 fully saturated rings. The molecule has 20 heavy (non-hydrogen) atoms. The van der Waals surface area contributed by atoms with Gasteiger partial charge in [0.25, 0.3) is 0 Å². The van der Waals surface area contributed by atoms with Crippen molar-refractivity contribution in [2.75, 3.05) is 13.2 Å². The fourth-order valence-electron chi connectivity index (χ4n) is 1.91. The quantitative estimate of drug-likeness (QED) is 0.709. The van der Waals surface area contributed by atoms with E-state index in [2.05, 4.69) is 13.8 Å². The lowest BCUT2D eigenvalue weighted by Crippen LogP contribution is -2.23. The van der Waals surface area contributed by atoms with Crippen LogP contribution in [0.5, 0.6) is 0 Å². The van der Waals surface area contributed by atoms with Gasteiger partial charge in [-0.1, -0.05) is 44.2 Å². The molecule has 0 aliphatic carbocycles. The first-order valence-corrected chi connectivity index (χ1v) is 7.04. The zero-order chi connectivity index (χ0) is 15.0. The molecule has 0 saturated heterocycles. The number of carbonyl (C=O) groups excluding carboxylic acids is 1. The monoisotopic (exact) mass is 280 g/mol. The SMILES string of the molecule is CCOC(=O)OC(C)COC(c1ccccc1)C(C)C. The van der Waals surface area contributed by atoms with Crippen molar-refractivity contribution in [1.29, 1.82) is 0 Å². The van der Waals surface area contributed by atoms with Crippen molar-refractivity contribution in [2.45, 2.75) is 39.9 Å². The molecule has 0 spiro atoms. The molecule has 0 bridgehead atoms. The summed E-state index contributed by atoms with van der Waals surface area (Å²) in [5.41, 5.74) is 1.13. The molecule has 0 heterocycles. The molecule has 1 aromatic carbocycles. The van der Waals surface area contributed by atoms with Crippen molar-refractivity contribution in [3.63, 3.8) is 0 Å². The summed E-state index contributed by atoms with van der Waals surface area (Å²) in [6, 6.07) is 10.1. The molecule has 1 aromatic rings. The van der Waals surface area contributed by atoms with E-state index in [1.807, 2.05) is 30.3 Å². The molecular weight excluding hydrogens is 256 g/mol. The normalized spacial score (nSPS) is 13.8. The molecule has 0 aliphatic rings. The number of hydrogen-bond donors (Lipinski definition) is 0. The summed E-state index contributed by atoms with van der Waals surface area (Å²) in [7, 11) is 0. The molecule has 2 unspecified atom stereocenters. The van der Waals surface area contributed by atoms with Gasteiger partial charge < -0.3 is 14.2 Å². The molecule has 1 rings (SSSR count). The fourth-order valence-corrected chi connectivity index (χ4v) is 1.91. The third-order valence-electron chi connectivity index (χ3n) is 2.80. The summed E-state index contributed by atoms with van der Waals surface area (Å²) in [5, 5.41) is 0. The number of ether oxygens (including phenoxy) is 3. The van der Waals surface area contributed by atoms with Gasteiger partial charge in [0.1, 0.15) is 6.10 Å². The lowest BCUT2D eigenvalue weighted by Gasteiger charge is -2.23. The van der Waals surface area contributed by atoms with E-state index >= 15 is 0 Å². The van der Waals surface area contributed by atoms with Gasteiger partial charge in [-0.15, -0.1) is 0 Å². The van der Waals surface area contributed by atoms with Gasteiger partial charge in [-0.3, -0.25) is 0 Å². The highest BCUT2D eigenvalue weighted by Crippen LogP contribution is 2.25. The molecule has 0 aliphatic heterocycles. The van der Waals surface area contributed by atoms with Gasteiger partial charge in [-0.05, 0) is 25.3 Å². The van der Waals surface area contributed by atoms with Crippen LogP contribution in [0.2, 0.25) is 0 Å². The van der Waals surface area contributed by atoms with E-state index in [-0.39, 0.29) is 12.2 Å². The van der Waals surface area contributed by atoms with Crippen LogP contribution in [0.4, 0.5) is 4.79 Å². The molecule has 4 nitrogen and oxygen atoms in total. The van der Waals surface area contributed by atoms with E-state index < -0.39 is 6.16 Å². The Labute approximate surface area is 121 Å². The standard InChI is InChI=1S/C16H24O4/c1-5-18-16(17)20-13(4)11-19-15(12(2)3)14-9-7-6-8-10-14/h6-10,12-13,15H,5,11H2,1-4H3. The van der Waals surface area contributed by atoms with Crippen molar-refractivity contribution in [2.24, 2.45) is 5.92 Å². The Kier molecular flexibility index (Phi) is 7.09. The van der Waals surface area contributed by atoms with E-state index in [0.717, 1.165) is 5.56 Å². The fraction of sp³-hybridized carbons (Fsp3) is 0.562. The summed E-state index contributed by atoms with van der Waals surface area (Å²) in [6.45, 7) is 8.40. The number of carbonyl (C=O) groups is 1. The van der Waals surface area contributed by atoms with Crippen molar-refractivity contribution in [1.82, 2.24) is 0 Å². The molecule has 0 saturated carbocycles. The number of benzene rings is 1. The molecule has 0 N–H and O–H groups in total. The zero-order valence-electron chi connectivity index (χ0n) is 12.7. The van der Waals surface area contributed by atoms with Crippen LogP contribution in [0.1, 0.15) is 39.4 Å². The topological polar surface area (TPSA) is 44.8 Å². The van der Waals surface area contributed by atoms with Gasteiger partial charge in [0, 0.05) is 0 Å². The Balaban J connectivity index is 2.50. The summed E-state index contributed by atoms with van der Waals surface area (Å²) < 4.78 is 15.7.